The molecule has 1 N–H and O–H groups in total. The second-order valence-corrected chi connectivity index (χ2v) is 6.66. The smallest absolute Gasteiger partial charge is 0.121 e. The molecule has 1 aromatic heterocycles. The summed E-state index contributed by atoms with van der Waals surface area (Å²) in [5.41, 5.74) is 4.48. The minimum Gasteiger partial charge on any atom is -0.341 e. The van der Waals surface area contributed by atoms with Crippen molar-refractivity contribution in [3.8, 4) is 0 Å². The minimum absolute atomic E-state index is 0.803. The van der Waals surface area contributed by atoms with Crippen molar-refractivity contribution in [1.82, 2.24) is 14.9 Å². The van der Waals surface area contributed by atoms with Crippen molar-refractivity contribution in [3.05, 3.63) is 64.4 Å². The van der Waals surface area contributed by atoms with Gasteiger partial charge in [0.15, 0.2) is 0 Å². The van der Waals surface area contributed by atoms with E-state index in [0.717, 1.165) is 40.4 Å². The SMILES string of the molecule is Clc1ccc2nc(CN3CCCC3)[nH]c2c1Cc1ccccc1. The van der Waals surface area contributed by atoms with Gasteiger partial charge in [0.1, 0.15) is 5.82 Å². The Morgan fingerprint density at radius 2 is 1.83 bits per heavy atom. The van der Waals surface area contributed by atoms with Crippen molar-refractivity contribution in [3.63, 3.8) is 0 Å². The van der Waals surface area contributed by atoms with Crippen LogP contribution < -0.4 is 0 Å². The van der Waals surface area contributed by atoms with Gasteiger partial charge in [0.2, 0.25) is 0 Å². The van der Waals surface area contributed by atoms with Gasteiger partial charge in [-0.3, -0.25) is 4.90 Å². The van der Waals surface area contributed by atoms with Gasteiger partial charge in [-0.25, -0.2) is 4.98 Å². The summed E-state index contributed by atoms with van der Waals surface area (Å²) in [4.78, 5) is 10.7. The van der Waals surface area contributed by atoms with Gasteiger partial charge in [-0.2, -0.15) is 0 Å². The summed E-state index contributed by atoms with van der Waals surface area (Å²) in [6.45, 7) is 3.25. The van der Waals surface area contributed by atoms with Crippen molar-refractivity contribution in [2.75, 3.05) is 13.1 Å². The lowest BCUT2D eigenvalue weighted by Crippen LogP contribution is -2.19. The van der Waals surface area contributed by atoms with E-state index in [1.807, 2.05) is 18.2 Å². The quantitative estimate of drug-likeness (QED) is 0.771. The molecule has 0 atom stereocenters. The lowest BCUT2D eigenvalue weighted by molar-refractivity contribution is 0.324. The Labute approximate surface area is 141 Å². The molecule has 3 aromatic rings. The van der Waals surface area contributed by atoms with Gasteiger partial charge >= 0.3 is 0 Å². The molecule has 0 spiro atoms. The third kappa shape index (κ3) is 3.12. The summed E-state index contributed by atoms with van der Waals surface area (Å²) >= 11 is 6.47. The number of rotatable bonds is 4. The predicted molar refractivity (Wildman–Crippen MR) is 94.9 cm³/mol. The van der Waals surface area contributed by atoms with Gasteiger partial charge in [0.05, 0.1) is 17.6 Å². The fourth-order valence-electron chi connectivity index (χ4n) is 3.36. The number of fused-ring (bicyclic) bond motifs is 1. The van der Waals surface area contributed by atoms with Crippen molar-refractivity contribution in [2.24, 2.45) is 0 Å². The van der Waals surface area contributed by atoms with Crippen LogP contribution in [0.25, 0.3) is 11.0 Å². The molecule has 0 aliphatic carbocycles. The first kappa shape index (κ1) is 14.7. The topological polar surface area (TPSA) is 31.9 Å². The van der Waals surface area contributed by atoms with Gasteiger partial charge in [-0.1, -0.05) is 41.9 Å². The van der Waals surface area contributed by atoms with E-state index in [1.165, 1.54) is 31.5 Å². The number of H-pyrrole nitrogens is 1. The highest BCUT2D eigenvalue weighted by molar-refractivity contribution is 6.32. The third-order valence-corrected chi connectivity index (χ3v) is 4.91. The van der Waals surface area contributed by atoms with E-state index < -0.39 is 0 Å². The Morgan fingerprint density at radius 1 is 1.04 bits per heavy atom. The maximum Gasteiger partial charge on any atom is 0.121 e. The molecule has 2 heterocycles. The van der Waals surface area contributed by atoms with Crippen molar-refractivity contribution >= 4 is 22.6 Å². The highest BCUT2D eigenvalue weighted by Gasteiger charge is 2.16. The molecule has 1 aliphatic rings. The predicted octanol–water partition coefficient (Wildman–Crippen LogP) is 4.40. The second kappa shape index (κ2) is 6.34. The summed E-state index contributed by atoms with van der Waals surface area (Å²) in [5.74, 6) is 1.04. The number of halogens is 1. The maximum atomic E-state index is 6.47. The average molecular weight is 326 g/mol. The number of imidazole rings is 1. The molecule has 1 fully saturated rings. The Hall–Kier alpha value is -1.84. The van der Waals surface area contributed by atoms with Crippen LogP contribution in [0.4, 0.5) is 0 Å². The fraction of sp³-hybridized carbons (Fsp3) is 0.316. The summed E-state index contributed by atoms with van der Waals surface area (Å²) in [7, 11) is 0. The van der Waals surface area contributed by atoms with Gasteiger partial charge in [-0.15, -0.1) is 0 Å². The Balaban J connectivity index is 1.68. The zero-order chi connectivity index (χ0) is 15.6. The van der Waals surface area contributed by atoms with Crippen LogP contribution in [0.5, 0.6) is 0 Å². The van der Waals surface area contributed by atoms with E-state index in [-0.39, 0.29) is 0 Å². The van der Waals surface area contributed by atoms with Gasteiger partial charge in [0.25, 0.3) is 0 Å². The van der Waals surface area contributed by atoms with Gasteiger partial charge < -0.3 is 4.98 Å². The molecular formula is C19H20ClN3. The highest BCUT2D eigenvalue weighted by Crippen LogP contribution is 2.27. The average Bonchev–Trinajstić information content (AvgIpc) is 3.21. The zero-order valence-electron chi connectivity index (χ0n) is 13.1. The monoisotopic (exact) mass is 325 g/mol. The molecule has 4 rings (SSSR count). The van der Waals surface area contributed by atoms with Crippen LogP contribution in [-0.2, 0) is 13.0 Å². The van der Waals surface area contributed by atoms with E-state index in [9.17, 15) is 0 Å². The van der Waals surface area contributed by atoms with Crippen LogP contribution in [0.1, 0.15) is 29.8 Å². The molecule has 23 heavy (non-hydrogen) atoms. The Kier molecular flexibility index (Phi) is 4.06. The molecule has 0 unspecified atom stereocenters. The number of likely N-dealkylation sites (tertiary alicyclic amines) is 1. The van der Waals surface area contributed by atoms with Gasteiger partial charge in [0, 0.05) is 17.0 Å². The van der Waals surface area contributed by atoms with Crippen LogP contribution in [0.3, 0.4) is 0 Å². The largest absolute Gasteiger partial charge is 0.341 e. The molecule has 0 amide bonds. The highest BCUT2D eigenvalue weighted by atomic mass is 35.5. The third-order valence-electron chi connectivity index (χ3n) is 4.55. The minimum atomic E-state index is 0.803. The van der Waals surface area contributed by atoms with Gasteiger partial charge in [-0.05, 0) is 43.6 Å². The molecule has 2 aromatic carbocycles. The molecule has 0 saturated carbocycles. The first-order valence-corrected chi connectivity index (χ1v) is 8.59. The Morgan fingerprint density at radius 3 is 2.61 bits per heavy atom. The number of aromatic amines is 1. The van der Waals surface area contributed by atoms with E-state index in [4.69, 9.17) is 16.6 Å². The summed E-state index contributed by atoms with van der Waals surface area (Å²) in [5, 5.41) is 0.803. The fourth-order valence-corrected chi connectivity index (χ4v) is 3.58. The van der Waals surface area contributed by atoms with Crippen LogP contribution in [-0.4, -0.2) is 28.0 Å². The van der Waals surface area contributed by atoms with E-state index in [1.54, 1.807) is 0 Å². The van der Waals surface area contributed by atoms with Crippen LogP contribution in [0.2, 0.25) is 5.02 Å². The molecule has 1 saturated heterocycles. The number of benzene rings is 2. The summed E-state index contributed by atoms with van der Waals surface area (Å²) in [6, 6.07) is 14.4. The second-order valence-electron chi connectivity index (χ2n) is 6.25. The lowest BCUT2D eigenvalue weighted by Gasteiger charge is -2.11. The molecule has 118 valence electrons. The number of hydrogen-bond acceptors (Lipinski definition) is 2. The van der Waals surface area contributed by atoms with Crippen LogP contribution in [0.15, 0.2) is 42.5 Å². The number of aromatic nitrogens is 2. The number of nitrogens with zero attached hydrogens (tertiary/aromatic N) is 2. The van der Waals surface area contributed by atoms with Crippen molar-refractivity contribution in [1.29, 1.82) is 0 Å². The molecule has 1 aliphatic heterocycles. The standard InChI is InChI=1S/C19H20ClN3/c20-16-8-9-17-19(15(16)12-14-6-2-1-3-7-14)22-18(21-17)13-23-10-4-5-11-23/h1-3,6-9H,4-5,10-13H2,(H,21,22). The van der Waals surface area contributed by atoms with E-state index >= 15 is 0 Å². The Bertz CT molecular complexity index is 804. The maximum absolute atomic E-state index is 6.47. The van der Waals surface area contributed by atoms with Crippen LogP contribution >= 0.6 is 11.6 Å². The lowest BCUT2D eigenvalue weighted by atomic mass is 10.0. The number of nitrogens with one attached hydrogen (secondary N) is 1. The first-order valence-electron chi connectivity index (χ1n) is 8.22. The van der Waals surface area contributed by atoms with Crippen LogP contribution in [0, 0.1) is 0 Å². The summed E-state index contributed by atoms with van der Waals surface area (Å²) in [6.07, 6.45) is 3.42. The molecule has 4 heteroatoms. The molecule has 0 radical (unpaired) electrons. The van der Waals surface area contributed by atoms with E-state index in [2.05, 4.69) is 34.1 Å². The first-order chi connectivity index (χ1) is 11.3. The van der Waals surface area contributed by atoms with Crippen molar-refractivity contribution in [2.45, 2.75) is 25.8 Å². The zero-order valence-corrected chi connectivity index (χ0v) is 13.8. The number of hydrogen-bond donors (Lipinski definition) is 1. The van der Waals surface area contributed by atoms with E-state index in [0.29, 0.717) is 0 Å². The van der Waals surface area contributed by atoms with Crippen molar-refractivity contribution < 1.29 is 0 Å². The molecular weight excluding hydrogens is 306 g/mol. The summed E-state index contributed by atoms with van der Waals surface area (Å²) < 4.78 is 0. The molecule has 0 bridgehead atoms. The molecule has 3 nitrogen and oxygen atoms in total. The normalized spacial score (nSPS) is 15.5.